The van der Waals surface area contributed by atoms with Crippen molar-refractivity contribution in [3.05, 3.63) is 35.4 Å². The maximum absolute atomic E-state index is 13.0. The number of likely N-dealkylation sites (tertiary alicyclic amines) is 2. The molecule has 3 rings (SSSR count). The first-order valence-corrected chi connectivity index (χ1v) is 10.2. The van der Waals surface area contributed by atoms with Crippen LogP contribution in [0, 0.1) is 5.92 Å². The summed E-state index contributed by atoms with van der Waals surface area (Å²) in [4.78, 5) is 17.1. The van der Waals surface area contributed by atoms with Gasteiger partial charge in [0.05, 0.1) is 0 Å². The van der Waals surface area contributed by atoms with Crippen molar-refractivity contribution in [3.63, 3.8) is 0 Å². The summed E-state index contributed by atoms with van der Waals surface area (Å²) in [6.45, 7) is 10.5. The van der Waals surface area contributed by atoms with Gasteiger partial charge in [-0.25, -0.2) is 0 Å². The number of hydrogen-bond donors (Lipinski definition) is 1. The Morgan fingerprint density at radius 2 is 1.81 bits per heavy atom. The minimum Gasteiger partial charge on any atom is -0.379 e. The van der Waals surface area contributed by atoms with Gasteiger partial charge in [-0.3, -0.25) is 9.69 Å². The van der Waals surface area contributed by atoms with Crippen molar-refractivity contribution in [3.8, 4) is 0 Å². The number of β-amino-alcohol motifs (C(OH)–C–C–N with tert-alkyl or cyclic N) is 1. The molecule has 26 heavy (non-hydrogen) atoms. The average molecular weight is 359 g/mol. The maximum Gasteiger partial charge on any atom is 0.256 e. The van der Waals surface area contributed by atoms with Gasteiger partial charge in [0.2, 0.25) is 0 Å². The summed E-state index contributed by atoms with van der Waals surface area (Å²) in [5.41, 5.74) is 1.24. The first kappa shape index (κ1) is 19.4. The molecule has 2 fully saturated rings. The van der Waals surface area contributed by atoms with Crippen molar-refractivity contribution >= 4 is 5.91 Å². The maximum atomic E-state index is 13.0. The summed E-state index contributed by atoms with van der Waals surface area (Å²) in [5, 5.41) is 11.1. The first-order chi connectivity index (χ1) is 12.4. The third-order valence-corrected chi connectivity index (χ3v) is 6.08. The van der Waals surface area contributed by atoms with Crippen LogP contribution in [-0.4, -0.2) is 52.6 Å². The minimum absolute atomic E-state index is 0.0877. The molecule has 1 N–H and O–H groups in total. The third kappa shape index (κ3) is 4.47. The lowest BCUT2D eigenvalue weighted by Gasteiger charge is -2.42. The molecule has 0 spiro atoms. The van der Waals surface area contributed by atoms with Gasteiger partial charge in [-0.15, -0.1) is 0 Å². The van der Waals surface area contributed by atoms with E-state index in [4.69, 9.17) is 0 Å². The second-order valence-electron chi connectivity index (χ2n) is 8.72. The molecule has 2 aliphatic heterocycles. The van der Waals surface area contributed by atoms with Gasteiger partial charge in [-0.05, 0) is 61.7 Å². The molecular weight excluding hydrogens is 324 g/mol. The number of carbonyl (C=O) groups is 1. The molecule has 2 saturated heterocycles. The number of hydrogen-bond acceptors (Lipinski definition) is 3. The van der Waals surface area contributed by atoms with E-state index < -0.39 is 5.60 Å². The van der Waals surface area contributed by atoms with E-state index in [0.717, 1.165) is 50.4 Å². The SMILES string of the molecule is CC1CCN(C[C@]2(O)CCCN(Cc3ccc(C(C)C)cc3)C2=O)CC1. The standard InChI is InChI=1S/C22H34N2O2/c1-17(2)20-7-5-19(6-8-20)15-24-12-4-11-22(26,21(24)25)16-23-13-9-18(3)10-14-23/h5-8,17-18,26H,4,9-16H2,1-3H3/t22-/m1/s1. The fourth-order valence-corrected chi connectivity index (χ4v) is 4.18. The van der Waals surface area contributed by atoms with E-state index in [1.807, 2.05) is 4.90 Å². The van der Waals surface area contributed by atoms with Crippen molar-refractivity contribution in [1.29, 1.82) is 0 Å². The quantitative estimate of drug-likeness (QED) is 0.877. The van der Waals surface area contributed by atoms with Gasteiger partial charge in [0.15, 0.2) is 5.60 Å². The molecule has 1 aromatic carbocycles. The summed E-state index contributed by atoms with van der Waals surface area (Å²) in [6, 6.07) is 8.52. The van der Waals surface area contributed by atoms with E-state index in [0.29, 0.717) is 25.4 Å². The van der Waals surface area contributed by atoms with Crippen LogP contribution in [0.3, 0.4) is 0 Å². The van der Waals surface area contributed by atoms with Crippen molar-refractivity contribution in [1.82, 2.24) is 9.80 Å². The van der Waals surface area contributed by atoms with E-state index in [2.05, 4.69) is 49.9 Å². The van der Waals surface area contributed by atoms with Crippen LogP contribution in [0.1, 0.15) is 63.5 Å². The van der Waals surface area contributed by atoms with Gasteiger partial charge in [0, 0.05) is 19.6 Å². The Hall–Kier alpha value is -1.39. The molecule has 0 saturated carbocycles. The van der Waals surface area contributed by atoms with Gasteiger partial charge < -0.3 is 10.0 Å². The smallest absolute Gasteiger partial charge is 0.256 e. The average Bonchev–Trinajstić information content (AvgIpc) is 2.62. The van der Waals surface area contributed by atoms with Crippen LogP contribution in [0.25, 0.3) is 0 Å². The zero-order valence-electron chi connectivity index (χ0n) is 16.6. The number of aliphatic hydroxyl groups is 1. The molecular formula is C22H34N2O2. The zero-order chi connectivity index (χ0) is 18.7. The summed E-state index contributed by atoms with van der Waals surface area (Å²) in [7, 11) is 0. The van der Waals surface area contributed by atoms with Crippen LogP contribution in [-0.2, 0) is 11.3 Å². The molecule has 4 nitrogen and oxygen atoms in total. The lowest BCUT2D eigenvalue weighted by Crippen LogP contribution is -2.59. The summed E-state index contributed by atoms with van der Waals surface area (Å²) in [6.07, 6.45) is 3.78. The lowest BCUT2D eigenvalue weighted by atomic mass is 9.89. The number of nitrogens with zero attached hydrogens (tertiary/aromatic N) is 2. The van der Waals surface area contributed by atoms with Crippen LogP contribution in [0.15, 0.2) is 24.3 Å². The predicted octanol–water partition coefficient (Wildman–Crippen LogP) is 3.40. The number of amides is 1. The van der Waals surface area contributed by atoms with E-state index in [1.54, 1.807) is 0 Å². The van der Waals surface area contributed by atoms with Gasteiger partial charge in [-0.1, -0.05) is 45.0 Å². The minimum atomic E-state index is -1.21. The van der Waals surface area contributed by atoms with Crippen molar-refractivity contribution in [2.75, 3.05) is 26.2 Å². The molecule has 0 unspecified atom stereocenters. The monoisotopic (exact) mass is 358 g/mol. The van der Waals surface area contributed by atoms with Crippen molar-refractivity contribution in [2.24, 2.45) is 5.92 Å². The molecule has 2 aliphatic rings. The number of benzene rings is 1. The molecule has 1 atom stereocenters. The molecule has 4 heteroatoms. The lowest BCUT2D eigenvalue weighted by molar-refractivity contribution is -0.160. The predicted molar refractivity (Wildman–Crippen MR) is 105 cm³/mol. The Balaban J connectivity index is 1.63. The number of carbonyl (C=O) groups excluding carboxylic acids is 1. The highest BCUT2D eigenvalue weighted by Gasteiger charge is 2.43. The van der Waals surface area contributed by atoms with Crippen LogP contribution in [0.4, 0.5) is 0 Å². The van der Waals surface area contributed by atoms with Crippen LogP contribution in [0.2, 0.25) is 0 Å². The molecule has 0 aliphatic carbocycles. The van der Waals surface area contributed by atoms with Gasteiger partial charge in [0.1, 0.15) is 0 Å². The summed E-state index contributed by atoms with van der Waals surface area (Å²) >= 11 is 0. The van der Waals surface area contributed by atoms with Crippen LogP contribution in [0.5, 0.6) is 0 Å². The molecule has 2 heterocycles. The number of piperidine rings is 2. The van der Waals surface area contributed by atoms with Gasteiger partial charge in [0.25, 0.3) is 5.91 Å². The Kier molecular flexibility index (Phi) is 6.03. The second-order valence-corrected chi connectivity index (χ2v) is 8.72. The fraction of sp³-hybridized carbons (Fsp3) is 0.682. The van der Waals surface area contributed by atoms with Crippen molar-refractivity contribution in [2.45, 2.75) is 64.5 Å². The van der Waals surface area contributed by atoms with E-state index in [-0.39, 0.29) is 5.91 Å². The Labute approximate surface area is 158 Å². The first-order valence-electron chi connectivity index (χ1n) is 10.2. The van der Waals surface area contributed by atoms with E-state index in [9.17, 15) is 9.90 Å². The largest absolute Gasteiger partial charge is 0.379 e. The van der Waals surface area contributed by atoms with Crippen molar-refractivity contribution < 1.29 is 9.90 Å². The molecule has 0 aromatic heterocycles. The highest BCUT2D eigenvalue weighted by molar-refractivity contribution is 5.86. The third-order valence-electron chi connectivity index (χ3n) is 6.08. The fourth-order valence-electron chi connectivity index (χ4n) is 4.18. The van der Waals surface area contributed by atoms with Gasteiger partial charge in [-0.2, -0.15) is 0 Å². The zero-order valence-corrected chi connectivity index (χ0v) is 16.6. The van der Waals surface area contributed by atoms with E-state index in [1.165, 1.54) is 5.56 Å². The molecule has 1 amide bonds. The van der Waals surface area contributed by atoms with Crippen LogP contribution >= 0.6 is 0 Å². The highest BCUT2D eigenvalue weighted by atomic mass is 16.3. The van der Waals surface area contributed by atoms with Gasteiger partial charge >= 0.3 is 0 Å². The molecule has 0 radical (unpaired) electrons. The van der Waals surface area contributed by atoms with E-state index >= 15 is 0 Å². The molecule has 0 bridgehead atoms. The normalized spacial score (nSPS) is 25.9. The summed E-state index contributed by atoms with van der Waals surface area (Å²) in [5.74, 6) is 1.18. The van der Waals surface area contributed by atoms with Crippen LogP contribution < -0.4 is 0 Å². The molecule has 1 aromatic rings. The molecule has 144 valence electrons. The topological polar surface area (TPSA) is 43.8 Å². The second kappa shape index (κ2) is 8.10. The Bertz CT molecular complexity index is 605. The Morgan fingerprint density at radius 1 is 1.15 bits per heavy atom. The number of rotatable bonds is 5. The Morgan fingerprint density at radius 3 is 2.42 bits per heavy atom. The summed E-state index contributed by atoms with van der Waals surface area (Å²) < 4.78 is 0. The highest BCUT2D eigenvalue weighted by Crippen LogP contribution is 2.27.